The van der Waals surface area contributed by atoms with Crippen LogP contribution in [0.1, 0.15) is 0 Å². The second-order valence-corrected chi connectivity index (χ2v) is 5.69. The third-order valence-corrected chi connectivity index (χ3v) is 4.02. The number of para-hydroxylation sites is 2. The SMILES string of the molecule is c1ccc(N(CN(C2=NCCO2)c2ccccc2)C2=NCCO2)cc1. The Balaban J connectivity index is 1.68. The van der Waals surface area contributed by atoms with Crippen LogP contribution in [0.3, 0.4) is 0 Å². The van der Waals surface area contributed by atoms with Gasteiger partial charge in [-0.15, -0.1) is 0 Å². The fraction of sp³-hybridized carbons (Fsp3) is 0.263. The molecule has 25 heavy (non-hydrogen) atoms. The molecule has 0 atom stereocenters. The number of rotatable bonds is 4. The maximum Gasteiger partial charge on any atom is 0.293 e. The van der Waals surface area contributed by atoms with Crippen LogP contribution in [-0.4, -0.2) is 45.0 Å². The zero-order chi connectivity index (χ0) is 16.9. The number of hydrogen-bond acceptors (Lipinski definition) is 6. The third kappa shape index (κ3) is 3.42. The van der Waals surface area contributed by atoms with Crippen LogP contribution in [0.15, 0.2) is 70.6 Å². The molecule has 2 aromatic carbocycles. The molecule has 0 amide bonds. The molecule has 6 nitrogen and oxygen atoms in total. The summed E-state index contributed by atoms with van der Waals surface area (Å²) < 4.78 is 11.5. The van der Waals surface area contributed by atoms with Crippen LogP contribution in [0, 0.1) is 0 Å². The molecule has 0 aliphatic carbocycles. The van der Waals surface area contributed by atoms with E-state index in [0.717, 1.165) is 11.4 Å². The lowest BCUT2D eigenvalue weighted by molar-refractivity contribution is 0.333. The van der Waals surface area contributed by atoms with E-state index in [2.05, 4.69) is 9.98 Å². The van der Waals surface area contributed by atoms with Crippen LogP contribution in [0.25, 0.3) is 0 Å². The van der Waals surface area contributed by atoms with Crippen LogP contribution in [0.4, 0.5) is 11.4 Å². The van der Waals surface area contributed by atoms with E-state index in [4.69, 9.17) is 9.47 Å². The summed E-state index contributed by atoms with van der Waals surface area (Å²) in [6.07, 6.45) is 0. The molecule has 128 valence electrons. The fourth-order valence-electron chi connectivity index (χ4n) is 2.84. The van der Waals surface area contributed by atoms with E-state index in [0.29, 0.717) is 45.0 Å². The Labute approximate surface area is 147 Å². The Morgan fingerprint density at radius 1 is 0.680 bits per heavy atom. The van der Waals surface area contributed by atoms with Crippen molar-refractivity contribution in [1.82, 2.24) is 0 Å². The van der Waals surface area contributed by atoms with Crippen molar-refractivity contribution in [3.8, 4) is 0 Å². The molecular weight excluding hydrogens is 316 g/mol. The summed E-state index contributed by atoms with van der Waals surface area (Å²) in [5, 5.41) is 0. The molecular formula is C19H20N4O2. The average molecular weight is 336 g/mol. The van der Waals surface area contributed by atoms with Gasteiger partial charge in [-0.3, -0.25) is 9.80 Å². The van der Waals surface area contributed by atoms with Gasteiger partial charge in [0, 0.05) is 11.4 Å². The minimum absolute atomic E-state index is 0.506. The molecule has 0 aromatic heterocycles. The maximum atomic E-state index is 5.74. The van der Waals surface area contributed by atoms with Gasteiger partial charge in [0.15, 0.2) is 0 Å². The highest BCUT2D eigenvalue weighted by Gasteiger charge is 2.26. The lowest BCUT2D eigenvalue weighted by Gasteiger charge is -2.31. The summed E-state index contributed by atoms with van der Waals surface area (Å²) >= 11 is 0. The van der Waals surface area contributed by atoms with E-state index >= 15 is 0 Å². The fourth-order valence-corrected chi connectivity index (χ4v) is 2.84. The van der Waals surface area contributed by atoms with Crippen molar-refractivity contribution in [1.29, 1.82) is 0 Å². The predicted octanol–water partition coefficient (Wildman–Crippen LogP) is 2.73. The zero-order valence-corrected chi connectivity index (χ0v) is 13.9. The van der Waals surface area contributed by atoms with Crippen molar-refractivity contribution >= 4 is 23.4 Å². The minimum Gasteiger partial charge on any atom is -0.463 e. The first-order chi connectivity index (χ1) is 12.4. The molecule has 0 radical (unpaired) electrons. The Morgan fingerprint density at radius 2 is 1.12 bits per heavy atom. The van der Waals surface area contributed by atoms with Gasteiger partial charge < -0.3 is 9.47 Å². The molecule has 0 saturated carbocycles. The number of hydrogen-bond donors (Lipinski definition) is 0. The summed E-state index contributed by atoms with van der Waals surface area (Å²) in [6.45, 7) is 3.09. The quantitative estimate of drug-likeness (QED) is 0.806. The van der Waals surface area contributed by atoms with Crippen LogP contribution in [0.5, 0.6) is 0 Å². The lowest BCUT2D eigenvalue weighted by Crippen LogP contribution is -2.45. The van der Waals surface area contributed by atoms with Crippen LogP contribution < -0.4 is 9.80 Å². The summed E-state index contributed by atoms with van der Waals surface area (Å²) in [7, 11) is 0. The second kappa shape index (κ2) is 7.25. The summed E-state index contributed by atoms with van der Waals surface area (Å²) in [5.74, 6) is 0. The van der Waals surface area contributed by atoms with Crippen molar-refractivity contribution < 1.29 is 9.47 Å². The van der Waals surface area contributed by atoms with Crippen LogP contribution in [-0.2, 0) is 9.47 Å². The number of benzene rings is 2. The Morgan fingerprint density at radius 3 is 1.48 bits per heavy atom. The first kappa shape index (κ1) is 15.5. The van der Waals surface area contributed by atoms with Crippen LogP contribution in [0.2, 0.25) is 0 Å². The van der Waals surface area contributed by atoms with E-state index in [1.54, 1.807) is 0 Å². The van der Waals surface area contributed by atoms with E-state index in [1.807, 2.05) is 70.5 Å². The molecule has 0 bridgehead atoms. The van der Waals surface area contributed by atoms with Crippen LogP contribution >= 0.6 is 0 Å². The minimum atomic E-state index is 0.506. The van der Waals surface area contributed by atoms with Gasteiger partial charge in [-0.05, 0) is 24.3 Å². The molecule has 2 aliphatic heterocycles. The Bertz CT molecular complexity index is 696. The van der Waals surface area contributed by atoms with Crippen molar-refractivity contribution in [2.45, 2.75) is 0 Å². The molecule has 2 aliphatic rings. The average Bonchev–Trinajstić information content (AvgIpc) is 3.38. The van der Waals surface area contributed by atoms with E-state index in [-0.39, 0.29) is 0 Å². The Kier molecular flexibility index (Phi) is 4.50. The molecule has 6 heteroatoms. The van der Waals surface area contributed by atoms with E-state index in [1.165, 1.54) is 0 Å². The molecule has 0 N–H and O–H groups in total. The zero-order valence-electron chi connectivity index (χ0n) is 13.9. The van der Waals surface area contributed by atoms with Gasteiger partial charge in [0.1, 0.15) is 19.9 Å². The maximum absolute atomic E-state index is 5.74. The van der Waals surface area contributed by atoms with Gasteiger partial charge >= 0.3 is 0 Å². The molecule has 0 unspecified atom stereocenters. The third-order valence-electron chi connectivity index (χ3n) is 4.02. The number of amidine groups is 2. The standard InChI is InChI=1S/C19H20N4O2/c1-3-7-16(8-4-1)22(18-20-11-13-24-18)15-23(19-21-12-14-25-19)17-9-5-2-6-10-17/h1-10H,11-15H2. The first-order valence-corrected chi connectivity index (χ1v) is 8.41. The van der Waals surface area contributed by atoms with Crippen molar-refractivity contribution in [3.63, 3.8) is 0 Å². The second-order valence-electron chi connectivity index (χ2n) is 5.69. The van der Waals surface area contributed by atoms with Gasteiger partial charge in [0.2, 0.25) is 0 Å². The van der Waals surface area contributed by atoms with Crippen molar-refractivity contribution in [3.05, 3.63) is 60.7 Å². The number of ether oxygens (including phenoxy) is 2. The molecule has 0 fully saturated rings. The van der Waals surface area contributed by atoms with Gasteiger partial charge in [0.25, 0.3) is 12.0 Å². The van der Waals surface area contributed by atoms with Crippen molar-refractivity contribution in [2.75, 3.05) is 42.8 Å². The van der Waals surface area contributed by atoms with Gasteiger partial charge in [0.05, 0.1) is 13.1 Å². The summed E-state index contributed by atoms with van der Waals surface area (Å²) in [6, 6.07) is 21.5. The molecule has 0 saturated heterocycles. The highest BCUT2D eigenvalue weighted by molar-refractivity contribution is 5.97. The predicted molar refractivity (Wildman–Crippen MR) is 99.2 cm³/mol. The monoisotopic (exact) mass is 336 g/mol. The first-order valence-electron chi connectivity index (χ1n) is 8.41. The summed E-state index contributed by atoms with van der Waals surface area (Å²) in [5.41, 5.74) is 2.03. The van der Waals surface area contributed by atoms with Gasteiger partial charge in [-0.25, -0.2) is 9.98 Å². The van der Waals surface area contributed by atoms with Gasteiger partial charge in [-0.1, -0.05) is 36.4 Å². The highest BCUT2D eigenvalue weighted by Crippen LogP contribution is 2.22. The smallest absolute Gasteiger partial charge is 0.293 e. The molecule has 2 aromatic rings. The largest absolute Gasteiger partial charge is 0.463 e. The lowest BCUT2D eigenvalue weighted by atomic mass is 10.3. The normalized spacial score (nSPS) is 15.8. The van der Waals surface area contributed by atoms with E-state index in [9.17, 15) is 0 Å². The summed E-state index contributed by atoms with van der Waals surface area (Å²) in [4.78, 5) is 13.1. The van der Waals surface area contributed by atoms with E-state index < -0.39 is 0 Å². The molecule has 0 spiro atoms. The molecule has 2 heterocycles. The molecule has 4 rings (SSSR count). The highest BCUT2D eigenvalue weighted by atomic mass is 16.5. The van der Waals surface area contributed by atoms with Crippen molar-refractivity contribution in [2.24, 2.45) is 9.98 Å². The topological polar surface area (TPSA) is 49.7 Å². The number of aliphatic imine (C=N–C) groups is 2. The number of nitrogens with zero attached hydrogens (tertiary/aromatic N) is 4. The van der Waals surface area contributed by atoms with Gasteiger partial charge in [-0.2, -0.15) is 0 Å². The Hall–Kier alpha value is -3.02. The number of anilines is 2.